The lowest BCUT2D eigenvalue weighted by molar-refractivity contribution is 0.246. The molecule has 2 N–H and O–H groups in total. The summed E-state index contributed by atoms with van der Waals surface area (Å²) in [5.41, 5.74) is 0. The summed E-state index contributed by atoms with van der Waals surface area (Å²) in [6, 6.07) is 1.21. The second-order valence-electron chi connectivity index (χ2n) is 2.88. The SMILES string of the molecule is CC.OCC1CC2CC2N1. The summed E-state index contributed by atoms with van der Waals surface area (Å²) in [4.78, 5) is 0. The van der Waals surface area contributed by atoms with Gasteiger partial charge in [0.25, 0.3) is 0 Å². The molecule has 2 fully saturated rings. The molecular weight excluding hydrogens is 126 g/mol. The molecule has 1 aliphatic carbocycles. The zero-order valence-electron chi connectivity index (χ0n) is 6.80. The Morgan fingerprint density at radius 3 is 2.40 bits per heavy atom. The summed E-state index contributed by atoms with van der Waals surface area (Å²) in [5.74, 6) is 0.923. The molecule has 3 atom stereocenters. The minimum Gasteiger partial charge on any atom is -0.395 e. The van der Waals surface area contributed by atoms with Crippen molar-refractivity contribution < 1.29 is 5.11 Å². The lowest BCUT2D eigenvalue weighted by atomic mass is 10.2. The summed E-state index contributed by atoms with van der Waals surface area (Å²) in [6.45, 7) is 4.33. The number of nitrogens with one attached hydrogen (secondary N) is 1. The number of rotatable bonds is 1. The third-order valence-electron chi connectivity index (χ3n) is 2.18. The van der Waals surface area contributed by atoms with Gasteiger partial charge in [-0.25, -0.2) is 0 Å². The van der Waals surface area contributed by atoms with E-state index in [1.807, 2.05) is 13.8 Å². The van der Waals surface area contributed by atoms with E-state index in [-0.39, 0.29) is 0 Å². The fraction of sp³-hybridized carbons (Fsp3) is 1.00. The Bertz CT molecular complexity index is 95.4. The van der Waals surface area contributed by atoms with Crippen molar-refractivity contribution >= 4 is 0 Å². The topological polar surface area (TPSA) is 32.3 Å². The molecule has 1 saturated heterocycles. The van der Waals surface area contributed by atoms with E-state index in [2.05, 4.69) is 5.32 Å². The van der Waals surface area contributed by atoms with E-state index in [4.69, 9.17) is 5.11 Å². The Balaban J connectivity index is 0.000000231. The summed E-state index contributed by atoms with van der Waals surface area (Å²) in [6.07, 6.45) is 2.57. The van der Waals surface area contributed by atoms with E-state index < -0.39 is 0 Å². The van der Waals surface area contributed by atoms with Crippen LogP contribution in [0.1, 0.15) is 26.7 Å². The molecule has 0 spiro atoms. The molecule has 0 amide bonds. The highest BCUT2D eigenvalue weighted by molar-refractivity contribution is 5.02. The highest BCUT2D eigenvalue weighted by atomic mass is 16.3. The summed E-state index contributed by atoms with van der Waals surface area (Å²) in [7, 11) is 0. The molecule has 0 aromatic heterocycles. The van der Waals surface area contributed by atoms with Gasteiger partial charge in [0.2, 0.25) is 0 Å². The van der Waals surface area contributed by atoms with Crippen LogP contribution in [-0.2, 0) is 0 Å². The Morgan fingerprint density at radius 1 is 1.40 bits per heavy atom. The highest BCUT2D eigenvalue weighted by Gasteiger charge is 2.45. The molecule has 0 bridgehead atoms. The van der Waals surface area contributed by atoms with Gasteiger partial charge < -0.3 is 10.4 Å². The minimum atomic E-state index is 0.326. The molecule has 1 aliphatic heterocycles. The Morgan fingerprint density at radius 2 is 2.10 bits per heavy atom. The zero-order valence-corrected chi connectivity index (χ0v) is 6.80. The average molecular weight is 143 g/mol. The lowest BCUT2D eigenvalue weighted by Gasteiger charge is -2.06. The molecule has 2 aliphatic rings. The number of piperidine rings is 1. The second-order valence-corrected chi connectivity index (χ2v) is 2.88. The van der Waals surface area contributed by atoms with Gasteiger partial charge in [0, 0.05) is 12.1 Å². The summed E-state index contributed by atoms with van der Waals surface area (Å²) < 4.78 is 0. The van der Waals surface area contributed by atoms with Gasteiger partial charge in [-0.1, -0.05) is 13.8 Å². The largest absolute Gasteiger partial charge is 0.395 e. The van der Waals surface area contributed by atoms with Crippen molar-refractivity contribution in [2.24, 2.45) is 5.92 Å². The van der Waals surface area contributed by atoms with Gasteiger partial charge >= 0.3 is 0 Å². The van der Waals surface area contributed by atoms with Crippen molar-refractivity contribution in [1.82, 2.24) is 5.32 Å². The maximum Gasteiger partial charge on any atom is 0.0584 e. The Kier molecular flexibility index (Phi) is 2.69. The Hall–Kier alpha value is -0.0800. The number of fused-ring (bicyclic) bond motifs is 1. The molecular formula is C8H17NO. The molecule has 2 rings (SSSR count). The van der Waals surface area contributed by atoms with E-state index in [0.29, 0.717) is 12.6 Å². The van der Waals surface area contributed by atoms with E-state index in [9.17, 15) is 0 Å². The fourth-order valence-corrected chi connectivity index (χ4v) is 1.58. The van der Waals surface area contributed by atoms with Crippen molar-refractivity contribution in [3.8, 4) is 0 Å². The van der Waals surface area contributed by atoms with Crippen molar-refractivity contribution in [2.45, 2.75) is 38.8 Å². The molecule has 1 saturated carbocycles. The van der Waals surface area contributed by atoms with Crippen molar-refractivity contribution in [3.63, 3.8) is 0 Å². The van der Waals surface area contributed by atoms with Gasteiger partial charge in [-0.05, 0) is 18.8 Å². The van der Waals surface area contributed by atoms with Gasteiger partial charge in [0.15, 0.2) is 0 Å². The van der Waals surface area contributed by atoms with Gasteiger partial charge in [0.1, 0.15) is 0 Å². The van der Waals surface area contributed by atoms with Crippen LogP contribution in [0.2, 0.25) is 0 Å². The van der Waals surface area contributed by atoms with Gasteiger partial charge in [-0.3, -0.25) is 0 Å². The standard InChI is InChI=1S/C6H11NO.C2H6/c8-3-5-1-4-2-6(4)7-5;1-2/h4-8H,1-3H2;1-2H3. The van der Waals surface area contributed by atoms with Crippen molar-refractivity contribution in [2.75, 3.05) is 6.61 Å². The third kappa shape index (κ3) is 1.50. The number of aliphatic hydroxyl groups is 1. The quantitative estimate of drug-likeness (QED) is 0.568. The molecule has 3 unspecified atom stereocenters. The molecule has 2 nitrogen and oxygen atoms in total. The van der Waals surface area contributed by atoms with Gasteiger partial charge in [-0.15, -0.1) is 0 Å². The third-order valence-corrected chi connectivity index (χ3v) is 2.18. The van der Waals surface area contributed by atoms with Crippen LogP contribution in [0.4, 0.5) is 0 Å². The molecule has 0 radical (unpaired) electrons. The van der Waals surface area contributed by atoms with E-state index >= 15 is 0 Å². The van der Waals surface area contributed by atoms with Crippen LogP contribution >= 0.6 is 0 Å². The number of hydrogen-bond donors (Lipinski definition) is 2. The second kappa shape index (κ2) is 3.35. The predicted molar refractivity (Wildman–Crippen MR) is 41.9 cm³/mol. The summed E-state index contributed by atoms with van der Waals surface area (Å²) in [5, 5.41) is 12.0. The first-order chi connectivity index (χ1) is 4.90. The van der Waals surface area contributed by atoms with Gasteiger partial charge in [0.05, 0.1) is 6.61 Å². The Labute approximate surface area is 62.6 Å². The highest BCUT2D eigenvalue weighted by Crippen LogP contribution is 2.40. The maximum atomic E-state index is 8.64. The van der Waals surface area contributed by atoms with Crippen molar-refractivity contribution in [3.05, 3.63) is 0 Å². The van der Waals surface area contributed by atoms with E-state index in [1.54, 1.807) is 0 Å². The van der Waals surface area contributed by atoms with Crippen molar-refractivity contribution in [1.29, 1.82) is 0 Å². The van der Waals surface area contributed by atoms with Crippen LogP contribution in [0.5, 0.6) is 0 Å². The molecule has 60 valence electrons. The smallest absolute Gasteiger partial charge is 0.0584 e. The fourth-order valence-electron chi connectivity index (χ4n) is 1.58. The minimum absolute atomic E-state index is 0.326. The molecule has 2 heteroatoms. The first kappa shape index (κ1) is 8.02. The van der Waals surface area contributed by atoms with Crippen LogP contribution in [-0.4, -0.2) is 23.8 Å². The summed E-state index contributed by atoms with van der Waals surface area (Å²) >= 11 is 0. The van der Waals surface area contributed by atoms with Crippen LogP contribution < -0.4 is 5.32 Å². The molecule has 0 aromatic rings. The molecule has 10 heavy (non-hydrogen) atoms. The van der Waals surface area contributed by atoms with E-state index in [0.717, 1.165) is 12.0 Å². The van der Waals surface area contributed by atoms with Crippen LogP contribution in [0.25, 0.3) is 0 Å². The van der Waals surface area contributed by atoms with Crippen LogP contribution in [0.3, 0.4) is 0 Å². The van der Waals surface area contributed by atoms with Crippen LogP contribution in [0.15, 0.2) is 0 Å². The molecule has 1 heterocycles. The van der Waals surface area contributed by atoms with Crippen LogP contribution in [0, 0.1) is 5.92 Å². The maximum absolute atomic E-state index is 8.64. The first-order valence-electron chi connectivity index (χ1n) is 4.27. The van der Waals surface area contributed by atoms with Gasteiger partial charge in [-0.2, -0.15) is 0 Å². The number of hydrogen-bond acceptors (Lipinski definition) is 2. The normalized spacial score (nSPS) is 41.7. The average Bonchev–Trinajstić information content (AvgIpc) is 2.63. The predicted octanol–water partition coefficient (Wildman–Crippen LogP) is 0.755. The molecule has 0 aromatic carbocycles. The monoisotopic (exact) mass is 143 g/mol. The lowest BCUT2D eigenvalue weighted by Crippen LogP contribution is -2.28. The first-order valence-corrected chi connectivity index (χ1v) is 4.27. The number of aliphatic hydroxyl groups excluding tert-OH is 1. The zero-order chi connectivity index (χ0) is 7.56. The van der Waals surface area contributed by atoms with E-state index in [1.165, 1.54) is 12.8 Å².